The van der Waals surface area contributed by atoms with Gasteiger partial charge in [-0.3, -0.25) is 9.80 Å². The van der Waals surface area contributed by atoms with Crippen LogP contribution in [0.2, 0.25) is 0 Å². The summed E-state index contributed by atoms with van der Waals surface area (Å²) >= 11 is 0. The van der Waals surface area contributed by atoms with Gasteiger partial charge in [-0.25, -0.2) is 4.98 Å². The molecule has 1 fully saturated rings. The highest BCUT2D eigenvalue weighted by atomic mass is 16.5. The molecule has 0 spiro atoms. The van der Waals surface area contributed by atoms with E-state index in [4.69, 9.17) is 9.26 Å². The number of nitrogens with zero attached hydrogens (tertiary/aromatic N) is 5. The summed E-state index contributed by atoms with van der Waals surface area (Å²) in [5.74, 6) is 2.81. The Balaban J connectivity index is 1.02. The third-order valence-corrected chi connectivity index (χ3v) is 6.74. The average Bonchev–Trinajstić information content (AvgIpc) is 3.42. The smallest absolute Gasteiger partial charge is 0.151 e. The van der Waals surface area contributed by atoms with E-state index in [1.807, 2.05) is 60.8 Å². The van der Waals surface area contributed by atoms with Crippen LogP contribution in [0.25, 0.3) is 11.3 Å². The second-order valence-corrected chi connectivity index (χ2v) is 9.59. The number of ether oxygens (including phenoxy) is 1. The molecule has 2 aromatic carbocycles. The topological polar surface area (TPSA) is 57.9 Å². The largest absolute Gasteiger partial charge is 0.489 e. The molecule has 2 aromatic heterocycles. The summed E-state index contributed by atoms with van der Waals surface area (Å²) in [6, 6.07) is 26.3. The second kappa shape index (κ2) is 12.5. The molecule has 0 N–H and O–H groups in total. The number of benzene rings is 2. The van der Waals surface area contributed by atoms with E-state index in [0.29, 0.717) is 6.61 Å². The van der Waals surface area contributed by atoms with Crippen LogP contribution in [0.15, 0.2) is 89.6 Å². The Bertz CT molecular complexity index is 1210. The van der Waals surface area contributed by atoms with Crippen LogP contribution in [0.3, 0.4) is 0 Å². The lowest BCUT2D eigenvalue weighted by Crippen LogP contribution is -2.47. The quantitative estimate of drug-likeness (QED) is 0.290. The minimum Gasteiger partial charge on any atom is -0.489 e. The first kappa shape index (κ1) is 25.0. The van der Waals surface area contributed by atoms with Gasteiger partial charge in [0.15, 0.2) is 5.76 Å². The predicted molar refractivity (Wildman–Crippen MR) is 147 cm³/mol. The normalized spacial score (nSPS) is 14.3. The van der Waals surface area contributed by atoms with Gasteiger partial charge in [-0.1, -0.05) is 41.6 Å². The van der Waals surface area contributed by atoms with Crippen LogP contribution < -0.4 is 9.64 Å². The summed E-state index contributed by atoms with van der Waals surface area (Å²) in [5, 5.41) is 4.29. The van der Waals surface area contributed by atoms with Crippen molar-refractivity contribution in [3.05, 3.63) is 96.4 Å². The highest BCUT2D eigenvalue weighted by Crippen LogP contribution is 2.23. The summed E-state index contributed by atoms with van der Waals surface area (Å²) in [7, 11) is 2.14. The highest BCUT2D eigenvalue weighted by Gasteiger charge is 2.17. The Hall–Kier alpha value is -3.68. The Labute approximate surface area is 219 Å². The molecule has 0 saturated carbocycles. The summed E-state index contributed by atoms with van der Waals surface area (Å²) < 4.78 is 11.5. The second-order valence-electron chi connectivity index (χ2n) is 9.59. The summed E-state index contributed by atoms with van der Waals surface area (Å²) in [6.07, 6.45) is 3.00. The molecule has 0 bridgehead atoms. The third-order valence-electron chi connectivity index (χ3n) is 6.74. The highest BCUT2D eigenvalue weighted by molar-refractivity contribution is 5.59. The zero-order valence-electron chi connectivity index (χ0n) is 21.5. The van der Waals surface area contributed by atoms with Gasteiger partial charge >= 0.3 is 0 Å². The molecule has 0 amide bonds. The van der Waals surface area contributed by atoms with Gasteiger partial charge in [0, 0.05) is 44.0 Å². The minimum atomic E-state index is 0.558. The van der Waals surface area contributed by atoms with Crippen LogP contribution in [-0.4, -0.2) is 66.3 Å². The lowest BCUT2D eigenvalue weighted by molar-refractivity contribution is 0.222. The van der Waals surface area contributed by atoms with Gasteiger partial charge in [0.2, 0.25) is 0 Å². The molecule has 1 aliphatic rings. The summed E-state index contributed by atoms with van der Waals surface area (Å²) in [5.41, 5.74) is 3.03. The van der Waals surface area contributed by atoms with Gasteiger partial charge in [-0.2, -0.15) is 0 Å². The Morgan fingerprint density at radius 1 is 0.919 bits per heavy atom. The molecular formula is C30H35N5O2. The van der Waals surface area contributed by atoms with Crippen LogP contribution in [0.5, 0.6) is 5.75 Å². The van der Waals surface area contributed by atoms with Gasteiger partial charge in [0.25, 0.3) is 0 Å². The first-order valence-electron chi connectivity index (χ1n) is 13.0. The molecule has 7 heteroatoms. The van der Waals surface area contributed by atoms with Gasteiger partial charge < -0.3 is 14.2 Å². The van der Waals surface area contributed by atoms with Crippen molar-refractivity contribution in [2.24, 2.45) is 0 Å². The molecule has 3 heterocycles. The standard InChI is InChI=1S/C30H35N5O2/c1-33(16-7-17-34-18-20-35(21-19-34)30-10-5-6-15-31-30)23-28-22-29(32-37-28)26-11-13-27(14-12-26)36-24-25-8-3-2-4-9-25/h2-6,8-15,22H,7,16-21,23-24H2,1H3. The number of anilines is 1. The lowest BCUT2D eigenvalue weighted by atomic mass is 10.1. The number of hydrogen-bond acceptors (Lipinski definition) is 7. The van der Waals surface area contributed by atoms with Gasteiger partial charge in [0.1, 0.15) is 23.9 Å². The van der Waals surface area contributed by atoms with Crippen molar-refractivity contribution in [3.63, 3.8) is 0 Å². The molecule has 1 saturated heterocycles. The molecule has 4 aromatic rings. The van der Waals surface area contributed by atoms with Gasteiger partial charge in [0.05, 0.1) is 6.54 Å². The maximum atomic E-state index is 5.89. The first-order valence-corrected chi connectivity index (χ1v) is 13.0. The minimum absolute atomic E-state index is 0.558. The third kappa shape index (κ3) is 7.18. The van der Waals surface area contributed by atoms with E-state index in [0.717, 1.165) is 86.4 Å². The Kier molecular flexibility index (Phi) is 8.46. The monoisotopic (exact) mass is 497 g/mol. The van der Waals surface area contributed by atoms with E-state index >= 15 is 0 Å². The predicted octanol–water partition coefficient (Wildman–Crippen LogP) is 4.96. The van der Waals surface area contributed by atoms with E-state index < -0.39 is 0 Å². The zero-order chi connectivity index (χ0) is 25.3. The SMILES string of the molecule is CN(CCCN1CCN(c2ccccn2)CC1)Cc1cc(-c2ccc(OCc3ccccc3)cc2)no1. The number of rotatable bonds is 11. The van der Waals surface area contributed by atoms with Crippen molar-refractivity contribution in [1.29, 1.82) is 0 Å². The first-order chi connectivity index (χ1) is 18.2. The van der Waals surface area contributed by atoms with Crippen molar-refractivity contribution < 1.29 is 9.26 Å². The van der Waals surface area contributed by atoms with Crippen LogP contribution in [0, 0.1) is 0 Å². The number of aromatic nitrogens is 2. The molecule has 0 radical (unpaired) electrons. The molecule has 192 valence electrons. The molecular weight excluding hydrogens is 462 g/mol. The summed E-state index contributed by atoms with van der Waals surface area (Å²) in [6.45, 7) is 7.68. The Morgan fingerprint density at radius 2 is 1.70 bits per heavy atom. The lowest BCUT2D eigenvalue weighted by Gasteiger charge is -2.35. The fraction of sp³-hybridized carbons (Fsp3) is 0.333. The van der Waals surface area contributed by atoms with E-state index in [9.17, 15) is 0 Å². The fourth-order valence-corrected chi connectivity index (χ4v) is 4.64. The van der Waals surface area contributed by atoms with E-state index in [-0.39, 0.29) is 0 Å². The van der Waals surface area contributed by atoms with Crippen molar-refractivity contribution in [2.45, 2.75) is 19.6 Å². The van der Waals surface area contributed by atoms with Crippen LogP contribution in [0.4, 0.5) is 5.82 Å². The summed E-state index contributed by atoms with van der Waals surface area (Å²) in [4.78, 5) is 11.7. The van der Waals surface area contributed by atoms with Crippen molar-refractivity contribution >= 4 is 5.82 Å². The van der Waals surface area contributed by atoms with Gasteiger partial charge in [-0.15, -0.1) is 0 Å². The molecule has 0 aliphatic carbocycles. The van der Waals surface area contributed by atoms with Crippen LogP contribution in [-0.2, 0) is 13.2 Å². The molecule has 1 aliphatic heterocycles. The van der Waals surface area contributed by atoms with Crippen molar-refractivity contribution in [2.75, 3.05) is 51.2 Å². The average molecular weight is 498 g/mol. The zero-order valence-corrected chi connectivity index (χ0v) is 21.5. The van der Waals surface area contributed by atoms with Crippen LogP contribution >= 0.6 is 0 Å². The van der Waals surface area contributed by atoms with Crippen molar-refractivity contribution in [3.8, 4) is 17.0 Å². The van der Waals surface area contributed by atoms with Gasteiger partial charge in [-0.05, 0) is 68.5 Å². The number of pyridine rings is 1. The molecule has 37 heavy (non-hydrogen) atoms. The number of piperazine rings is 1. The Morgan fingerprint density at radius 3 is 2.46 bits per heavy atom. The maximum Gasteiger partial charge on any atom is 0.151 e. The maximum absolute atomic E-state index is 5.89. The van der Waals surface area contributed by atoms with Crippen LogP contribution in [0.1, 0.15) is 17.7 Å². The fourth-order valence-electron chi connectivity index (χ4n) is 4.64. The molecule has 7 nitrogen and oxygen atoms in total. The molecule has 5 rings (SSSR count). The molecule has 0 atom stereocenters. The van der Waals surface area contributed by atoms with Crippen molar-refractivity contribution in [1.82, 2.24) is 19.9 Å². The van der Waals surface area contributed by atoms with E-state index in [2.05, 4.69) is 56.2 Å². The van der Waals surface area contributed by atoms with E-state index in [1.54, 1.807) is 0 Å². The number of hydrogen-bond donors (Lipinski definition) is 0. The van der Waals surface area contributed by atoms with E-state index in [1.165, 1.54) is 0 Å². The molecule has 0 unspecified atom stereocenters.